The zero-order valence-electron chi connectivity index (χ0n) is 13.5. The van der Waals surface area contributed by atoms with Gasteiger partial charge in [0.1, 0.15) is 11.6 Å². The molecule has 2 aromatic carbocycles. The van der Waals surface area contributed by atoms with Crippen molar-refractivity contribution in [3.63, 3.8) is 0 Å². The first-order chi connectivity index (χ1) is 11.8. The molecule has 122 valence electrons. The normalized spacial score (nSPS) is 17.6. The molecule has 5 nitrogen and oxygen atoms in total. The lowest BCUT2D eigenvalue weighted by atomic mass is 10.1. The van der Waals surface area contributed by atoms with Gasteiger partial charge < -0.3 is 14.6 Å². The number of aromatic nitrogens is 2. The number of benzene rings is 2. The van der Waals surface area contributed by atoms with Crippen molar-refractivity contribution in [2.45, 2.75) is 19.3 Å². The Bertz CT molecular complexity index is 854. The maximum atomic E-state index is 12.6. The maximum absolute atomic E-state index is 12.6. The number of fused-ring (bicyclic) bond motifs is 1. The highest BCUT2D eigenvalue weighted by Gasteiger charge is 2.34. The van der Waals surface area contributed by atoms with E-state index >= 15 is 0 Å². The summed E-state index contributed by atoms with van der Waals surface area (Å²) < 4.78 is 5.67. The monoisotopic (exact) mass is 321 g/mol. The van der Waals surface area contributed by atoms with Crippen LogP contribution in [0.2, 0.25) is 0 Å². The van der Waals surface area contributed by atoms with Crippen LogP contribution >= 0.6 is 0 Å². The minimum absolute atomic E-state index is 0.0691. The molecule has 0 spiro atoms. The average Bonchev–Trinajstić information content (AvgIpc) is 3.19. The van der Waals surface area contributed by atoms with Crippen LogP contribution in [0.5, 0.6) is 5.75 Å². The number of anilines is 1. The Morgan fingerprint density at radius 1 is 1.21 bits per heavy atom. The van der Waals surface area contributed by atoms with Crippen LogP contribution in [0.4, 0.5) is 5.69 Å². The lowest BCUT2D eigenvalue weighted by Crippen LogP contribution is -2.25. The number of nitrogens with one attached hydrogen (secondary N) is 1. The molecule has 0 unspecified atom stereocenters. The van der Waals surface area contributed by atoms with Crippen LogP contribution in [0.3, 0.4) is 0 Å². The summed E-state index contributed by atoms with van der Waals surface area (Å²) in [5.41, 5.74) is 2.78. The second kappa shape index (κ2) is 6.00. The van der Waals surface area contributed by atoms with E-state index in [-0.39, 0.29) is 11.8 Å². The van der Waals surface area contributed by atoms with Crippen molar-refractivity contribution in [2.24, 2.45) is 0 Å². The number of imidazole rings is 1. The fraction of sp³-hybridized carbons (Fsp3) is 0.263. The molecule has 1 aliphatic heterocycles. The first-order valence-corrected chi connectivity index (χ1v) is 8.23. The Balaban J connectivity index is 1.63. The number of para-hydroxylation sites is 4. The maximum Gasteiger partial charge on any atom is 0.227 e. The van der Waals surface area contributed by atoms with Gasteiger partial charge in [0.15, 0.2) is 0 Å². The molecular formula is C19H19N3O2. The van der Waals surface area contributed by atoms with E-state index in [1.165, 1.54) is 0 Å². The molecule has 1 fully saturated rings. The number of hydrogen-bond donors (Lipinski definition) is 1. The zero-order chi connectivity index (χ0) is 16.5. The van der Waals surface area contributed by atoms with Gasteiger partial charge in [-0.1, -0.05) is 24.3 Å². The molecule has 5 heteroatoms. The van der Waals surface area contributed by atoms with Crippen LogP contribution in [0.1, 0.15) is 25.1 Å². The summed E-state index contributed by atoms with van der Waals surface area (Å²) in [5, 5.41) is 0. The average molecular weight is 321 g/mol. The van der Waals surface area contributed by atoms with Crippen molar-refractivity contribution in [3.05, 3.63) is 54.4 Å². The van der Waals surface area contributed by atoms with Crippen LogP contribution in [0.15, 0.2) is 48.5 Å². The molecule has 0 saturated carbocycles. The highest BCUT2D eigenvalue weighted by molar-refractivity contribution is 5.97. The number of aromatic amines is 1. The molecule has 1 aromatic heterocycles. The molecule has 24 heavy (non-hydrogen) atoms. The van der Waals surface area contributed by atoms with Crippen LogP contribution < -0.4 is 9.64 Å². The van der Waals surface area contributed by atoms with Crippen molar-refractivity contribution < 1.29 is 9.53 Å². The Morgan fingerprint density at radius 2 is 2.00 bits per heavy atom. The first-order valence-electron chi connectivity index (χ1n) is 8.23. The molecule has 4 rings (SSSR count). The standard InChI is InChI=1S/C19H19N3O2/c1-2-24-17-10-6-5-9-16(17)22-12-13(11-18(22)23)19-20-14-7-3-4-8-15(14)21-19/h3-10,13H,2,11-12H2,1H3,(H,20,21)/t13-/m0/s1. The number of carbonyl (C=O) groups is 1. The van der Waals surface area contributed by atoms with E-state index < -0.39 is 0 Å². The van der Waals surface area contributed by atoms with E-state index in [9.17, 15) is 4.79 Å². The lowest BCUT2D eigenvalue weighted by Gasteiger charge is -2.19. The van der Waals surface area contributed by atoms with E-state index in [2.05, 4.69) is 9.97 Å². The van der Waals surface area contributed by atoms with E-state index in [4.69, 9.17) is 4.74 Å². The van der Waals surface area contributed by atoms with Crippen molar-refractivity contribution in [1.29, 1.82) is 0 Å². The van der Waals surface area contributed by atoms with Gasteiger partial charge in [0.2, 0.25) is 5.91 Å². The van der Waals surface area contributed by atoms with Gasteiger partial charge in [0.25, 0.3) is 0 Å². The van der Waals surface area contributed by atoms with Gasteiger partial charge in [-0.2, -0.15) is 0 Å². The Morgan fingerprint density at radius 3 is 2.83 bits per heavy atom. The van der Waals surface area contributed by atoms with Crippen LogP contribution in [-0.2, 0) is 4.79 Å². The van der Waals surface area contributed by atoms with Crippen molar-refractivity contribution in [1.82, 2.24) is 9.97 Å². The largest absolute Gasteiger partial charge is 0.492 e. The highest BCUT2D eigenvalue weighted by atomic mass is 16.5. The summed E-state index contributed by atoms with van der Waals surface area (Å²) in [4.78, 5) is 22.4. The van der Waals surface area contributed by atoms with Crippen LogP contribution in [-0.4, -0.2) is 29.0 Å². The summed E-state index contributed by atoms with van der Waals surface area (Å²) in [5.74, 6) is 1.80. The molecule has 1 atom stereocenters. The molecule has 0 radical (unpaired) electrons. The number of rotatable bonds is 4. The minimum Gasteiger partial charge on any atom is -0.492 e. The Labute approximate surface area is 140 Å². The number of amides is 1. The van der Waals surface area contributed by atoms with E-state index in [1.807, 2.05) is 60.4 Å². The zero-order valence-corrected chi connectivity index (χ0v) is 13.5. The molecule has 1 saturated heterocycles. The highest BCUT2D eigenvalue weighted by Crippen LogP contribution is 2.36. The second-order valence-electron chi connectivity index (χ2n) is 5.95. The topological polar surface area (TPSA) is 58.2 Å². The van der Waals surface area contributed by atoms with Crippen LogP contribution in [0.25, 0.3) is 11.0 Å². The van der Waals surface area contributed by atoms with Gasteiger partial charge in [0.05, 0.1) is 23.3 Å². The molecule has 2 heterocycles. The van der Waals surface area contributed by atoms with Gasteiger partial charge in [-0.15, -0.1) is 0 Å². The first kappa shape index (κ1) is 14.8. The van der Waals surface area contributed by atoms with Gasteiger partial charge in [0, 0.05) is 18.9 Å². The molecule has 0 aliphatic carbocycles. The summed E-state index contributed by atoms with van der Waals surface area (Å²) in [6, 6.07) is 15.6. The smallest absolute Gasteiger partial charge is 0.227 e. The Hall–Kier alpha value is -2.82. The van der Waals surface area contributed by atoms with Crippen molar-refractivity contribution in [2.75, 3.05) is 18.1 Å². The van der Waals surface area contributed by atoms with Gasteiger partial charge in [-0.05, 0) is 31.2 Å². The molecule has 0 bridgehead atoms. The summed E-state index contributed by atoms with van der Waals surface area (Å²) in [6.45, 7) is 3.13. The van der Waals surface area contributed by atoms with Gasteiger partial charge >= 0.3 is 0 Å². The summed E-state index contributed by atoms with van der Waals surface area (Å²) >= 11 is 0. The second-order valence-corrected chi connectivity index (χ2v) is 5.95. The third kappa shape index (κ3) is 2.52. The number of H-pyrrole nitrogens is 1. The predicted molar refractivity (Wildman–Crippen MR) is 93.4 cm³/mol. The molecule has 1 amide bonds. The van der Waals surface area contributed by atoms with Crippen molar-refractivity contribution in [3.8, 4) is 5.75 Å². The van der Waals surface area contributed by atoms with E-state index in [0.717, 1.165) is 28.3 Å². The predicted octanol–water partition coefficient (Wildman–Crippen LogP) is 3.48. The van der Waals surface area contributed by atoms with E-state index in [0.29, 0.717) is 19.6 Å². The number of ether oxygens (including phenoxy) is 1. The molecule has 1 N–H and O–H groups in total. The van der Waals surface area contributed by atoms with Crippen LogP contribution in [0, 0.1) is 0 Å². The SMILES string of the molecule is CCOc1ccccc1N1C[C@@H](c2nc3ccccc3[nH]2)CC1=O. The van der Waals surface area contributed by atoms with Crippen molar-refractivity contribution >= 4 is 22.6 Å². The minimum atomic E-state index is 0.0691. The fourth-order valence-electron chi connectivity index (χ4n) is 3.25. The third-order valence-electron chi connectivity index (χ3n) is 4.38. The number of carbonyl (C=O) groups excluding carboxylic acids is 1. The molecular weight excluding hydrogens is 302 g/mol. The lowest BCUT2D eigenvalue weighted by molar-refractivity contribution is -0.117. The van der Waals surface area contributed by atoms with Gasteiger partial charge in [-0.3, -0.25) is 4.79 Å². The number of nitrogens with zero attached hydrogens (tertiary/aromatic N) is 2. The summed E-state index contributed by atoms with van der Waals surface area (Å²) in [6.07, 6.45) is 0.459. The molecule has 3 aromatic rings. The summed E-state index contributed by atoms with van der Waals surface area (Å²) in [7, 11) is 0. The Kier molecular flexibility index (Phi) is 3.69. The van der Waals surface area contributed by atoms with E-state index in [1.54, 1.807) is 0 Å². The van der Waals surface area contributed by atoms with Gasteiger partial charge in [-0.25, -0.2) is 4.98 Å². The molecule has 1 aliphatic rings. The number of hydrogen-bond acceptors (Lipinski definition) is 3. The third-order valence-corrected chi connectivity index (χ3v) is 4.38. The quantitative estimate of drug-likeness (QED) is 0.800. The fourth-order valence-corrected chi connectivity index (χ4v) is 3.25.